The first kappa shape index (κ1) is 32.4. The zero-order valence-electron chi connectivity index (χ0n) is 25.4. The van der Waals surface area contributed by atoms with Crippen molar-refractivity contribution in [2.24, 2.45) is 0 Å². The number of phenolic OH excluding ortho intramolecular Hbond substituents is 2. The van der Waals surface area contributed by atoms with E-state index in [9.17, 15) is 10.2 Å². The molecule has 0 bridgehead atoms. The second-order valence-electron chi connectivity index (χ2n) is 10.9. The van der Waals surface area contributed by atoms with E-state index in [0.29, 0.717) is 21.3 Å². The van der Waals surface area contributed by atoms with Gasteiger partial charge in [0.15, 0.2) is 23.0 Å². The highest BCUT2D eigenvalue weighted by atomic mass is 32.2. The van der Waals surface area contributed by atoms with Gasteiger partial charge in [-0.3, -0.25) is 0 Å². The molecule has 0 saturated carbocycles. The molecule has 220 valence electrons. The van der Waals surface area contributed by atoms with Crippen molar-refractivity contribution in [1.82, 2.24) is 0 Å². The summed E-state index contributed by atoms with van der Waals surface area (Å²) in [6, 6.07) is 3.45. The SMILES string of the molecule is CC(C)Oc1cc(Sc2cc(OC(C)C)c(O)c(OC(C)C)c2OC(C)C)c(OC(C)C)c(OC(C)C)c1O. The largest absolute Gasteiger partial charge is 0.502 e. The van der Waals surface area contributed by atoms with Crippen molar-refractivity contribution in [2.75, 3.05) is 0 Å². The Labute approximate surface area is 237 Å². The number of aromatic hydroxyl groups is 2. The van der Waals surface area contributed by atoms with Crippen LogP contribution in [0.25, 0.3) is 0 Å². The fourth-order valence-electron chi connectivity index (χ4n) is 3.51. The van der Waals surface area contributed by atoms with Crippen LogP contribution in [-0.4, -0.2) is 46.8 Å². The molecule has 0 aliphatic rings. The van der Waals surface area contributed by atoms with E-state index >= 15 is 0 Å². The molecule has 9 heteroatoms. The lowest BCUT2D eigenvalue weighted by Crippen LogP contribution is -2.14. The van der Waals surface area contributed by atoms with Crippen LogP contribution in [0, 0.1) is 0 Å². The number of hydrogen-bond donors (Lipinski definition) is 2. The van der Waals surface area contributed by atoms with Crippen molar-refractivity contribution < 1.29 is 38.6 Å². The third-order valence-corrected chi connectivity index (χ3v) is 5.69. The van der Waals surface area contributed by atoms with Crippen LogP contribution < -0.4 is 28.4 Å². The average Bonchev–Trinajstić information content (AvgIpc) is 2.77. The molecule has 0 fully saturated rings. The number of benzene rings is 2. The maximum atomic E-state index is 11.1. The number of phenols is 2. The summed E-state index contributed by atoms with van der Waals surface area (Å²) in [4.78, 5) is 1.25. The molecule has 2 aromatic carbocycles. The van der Waals surface area contributed by atoms with E-state index in [4.69, 9.17) is 28.4 Å². The second-order valence-corrected chi connectivity index (χ2v) is 11.9. The molecule has 0 radical (unpaired) electrons. The Morgan fingerprint density at radius 3 is 0.949 bits per heavy atom. The Balaban J connectivity index is 2.91. The monoisotopic (exact) mass is 566 g/mol. The molecule has 39 heavy (non-hydrogen) atoms. The molecule has 0 heterocycles. The van der Waals surface area contributed by atoms with Crippen molar-refractivity contribution in [3.05, 3.63) is 12.1 Å². The van der Waals surface area contributed by atoms with Gasteiger partial charge in [0.05, 0.1) is 46.4 Å². The summed E-state index contributed by atoms with van der Waals surface area (Å²) in [7, 11) is 0. The molecule has 0 aliphatic carbocycles. The van der Waals surface area contributed by atoms with E-state index in [1.54, 1.807) is 12.1 Å². The zero-order valence-corrected chi connectivity index (χ0v) is 26.2. The van der Waals surface area contributed by atoms with Crippen molar-refractivity contribution in [3.63, 3.8) is 0 Å². The predicted octanol–water partition coefficient (Wildman–Crippen LogP) is 7.97. The van der Waals surface area contributed by atoms with Crippen LogP contribution in [0.4, 0.5) is 0 Å². The van der Waals surface area contributed by atoms with Crippen LogP contribution in [0.15, 0.2) is 21.9 Å². The summed E-state index contributed by atoms with van der Waals surface area (Å²) in [5.74, 6) is 1.41. The van der Waals surface area contributed by atoms with E-state index < -0.39 is 0 Å². The lowest BCUT2D eigenvalue weighted by molar-refractivity contribution is 0.179. The highest BCUT2D eigenvalue weighted by Gasteiger charge is 2.29. The van der Waals surface area contributed by atoms with Gasteiger partial charge in [-0.2, -0.15) is 0 Å². The number of hydrogen-bond acceptors (Lipinski definition) is 9. The molecule has 0 amide bonds. The minimum absolute atomic E-state index is 0.130. The Morgan fingerprint density at radius 1 is 0.436 bits per heavy atom. The lowest BCUT2D eigenvalue weighted by atomic mass is 10.2. The Morgan fingerprint density at radius 2 is 0.692 bits per heavy atom. The number of rotatable bonds is 14. The molecular weight excluding hydrogens is 520 g/mol. The van der Waals surface area contributed by atoms with Crippen molar-refractivity contribution in [3.8, 4) is 46.0 Å². The van der Waals surface area contributed by atoms with Crippen LogP contribution in [0.1, 0.15) is 83.1 Å². The molecule has 2 rings (SSSR count). The molecule has 0 spiro atoms. The number of ether oxygens (including phenoxy) is 6. The minimum atomic E-state index is -0.233. The van der Waals surface area contributed by atoms with Gasteiger partial charge < -0.3 is 38.6 Å². The summed E-state index contributed by atoms with van der Waals surface area (Å²) < 4.78 is 36.4. The van der Waals surface area contributed by atoms with Gasteiger partial charge in [0.1, 0.15) is 0 Å². The minimum Gasteiger partial charge on any atom is -0.502 e. The molecule has 0 atom stereocenters. The molecule has 0 aromatic heterocycles. The second kappa shape index (κ2) is 14.0. The van der Waals surface area contributed by atoms with Gasteiger partial charge in [-0.25, -0.2) is 0 Å². The quantitative estimate of drug-likeness (QED) is 0.236. The summed E-state index contributed by atoms with van der Waals surface area (Å²) >= 11 is 1.32. The Kier molecular flexibility index (Phi) is 11.6. The van der Waals surface area contributed by atoms with E-state index in [-0.39, 0.29) is 71.1 Å². The topological polar surface area (TPSA) is 95.8 Å². The van der Waals surface area contributed by atoms with E-state index in [0.717, 1.165) is 0 Å². The molecule has 8 nitrogen and oxygen atoms in total. The highest BCUT2D eigenvalue weighted by molar-refractivity contribution is 7.99. The van der Waals surface area contributed by atoms with Crippen LogP contribution in [0.2, 0.25) is 0 Å². The van der Waals surface area contributed by atoms with E-state index in [1.165, 1.54) is 11.8 Å². The predicted molar refractivity (Wildman–Crippen MR) is 155 cm³/mol. The smallest absolute Gasteiger partial charge is 0.208 e. The van der Waals surface area contributed by atoms with Crippen LogP contribution in [-0.2, 0) is 0 Å². The van der Waals surface area contributed by atoms with Gasteiger partial charge >= 0.3 is 0 Å². The molecule has 0 saturated heterocycles. The molecular formula is C30H46O8S. The van der Waals surface area contributed by atoms with Crippen LogP contribution in [0.3, 0.4) is 0 Å². The third-order valence-electron chi connectivity index (χ3n) is 4.64. The molecule has 2 aromatic rings. The van der Waals surface area contributed by atoms with Gasteiger partial charge in [-0.15, -0.1) is 0 Å². The molecule has 0 unspecified atom stereocenters. The summed E-state index contributed by atoms with van der Waals surface area (Å²) in [6.45, 7) is 22.6. The maximum Gasteiger partial charge on any atom is 0.208 e. The maximum absolute atomic E-state index is 11.1. The average molecular weight is 567 g/mol. The van der Waals surface area contributed by atoms with E-state index in [2.05, 4.69) is 0 Å². The van der Waals surface area contributed by atoms with Gasteiger partial charge in [0.25, 0.3) is 0 Å². The normalized spacial score (nSPS) is 11.7. The first-order chi connectivity index (χ1) is 18.1. The van der Waals surface area contributed by atoms with E-state index in [1.807, 2.05) is 83.1 Å². The summed E-state index contributed by atoms with van der Waals surface area (Å²) in [5, 5.41) is 22.3. The van der Waals surface area contributed by atoms with Gasteiger partial charge in [-0.1, -0.05) is 11.8 Å². The highest BCUT2D eigenvalue weighted by Crippen LogP contribution is 2.56. The standard InChI is InChI=1S/C30H46O8S/c1-15(2)33-21-13-23(27(35-17(5)6)29(25(21)31)37-19(9)10)39-24-14-22(34-16(3)4)26(32)30(38-20(11)12)28(24)36-18(7)8/h13-20,31-32H,1-12H3. The van der Waals surface area contributed by atoms with Crippen molar-refractivity contribution in [2.45, 2.75) is 129 Å². The first-order valence-corrected chi connectivity index (χ1v) is 14.4. The summed E-state index contributed by atoms with van der Waals surface area (Å²) in [5.41, 5.74) is 0. The Bertz CT molecular complexity index is 1010. The first-order valence-electron chi connectivity index (χ1n) is 13.6. The summed E-state index contributed by atoms with van der Waals surface area (Å²) in [6.07, 6.45) is -1.26. The van der Waals surface area contributed by atoms with Crippen molar-refractivity contribution >= 4 is 11.8 Å². The zero-order chi connectivity index (χ0) is 29.6. The van der Waals surface area contributed by atoms with Crippen LogP contribution >= 0.6 is 11.8 Å². The van der Waals surface area contributed by atoms with Gasteiger partial charge in [-0.05, 0) is 83.1 Å². The van der Waals surface area contributed by atoms with Gasteiger partial charge in [0.2, 0.25) is 23.0 Å². The van der Waals surface area contributed by atoms with Crippen LogP contribution in [0.5, 0.6) is 46.0 Å². The fraction of sp³-hybridized carbons (Fsp3) is 0.600. The lowest BCUT2D eigenvalue weighted by Gasteiger charge is -2.25. The van der Waals surface area contributed by atoms with Gasteiger partial charge in [0, 0.05) is 12.1 Å². The Hall–Kier alpha value is -2.81. The third kappa shape index (κ3) is 9.12. The fourth-order valence-corrected chi connectivity index (χ4v) is 4.55. The molecule has 2 N–H and O–H groups in total. The molecule has 0 aliphatic heterocycles. The van der Waals surface area contributed by atoms with Crippen molar-refractivity contribution in [1.29, 1.82) is 0 Å².